The van der Waals surface area contributed by atoms with Crippen LogP contribution in [0.4, 0.5) is 9.93 Å². The van der Waals surface area contributed by atoms with Gasteiger partial charge in [0.05, 0.1) is 25.0 Å². The highest BCUT2D eigenvalue weighted by atomic mass is 32.1. The third kappa shape index (κ3) is 8.24. The summed E-state index contributed by atoms with van der Waals surface area (Å²) in [5, 5.41) is 21.2. The SMILES string of the molecule is CC(C)NC(=O)c1ccc(-c2csc(NC(=O)C3CC(O)CN3C(=O)C(Cc3ccccc3)NC(=O)N3CCOCC3)n2)cc1. The van der Waals surface area contributed by atoms with E-state index >= 15 is 0 Å². The third-order valence-electron chi connectivity index (χ3n) is 7.64. The summed E-state index contributed by atoms with van der Waals surface area (Å²) in [6.07, 6.45) is -0.606. The number of β-amino-alcohol motifs (C(OH)–C–C–N with tert-alkyl or cyclic N) is 1. The molecule has 1 aromatic heterocycles. The molecule has 3 aromatic rings. The summed E-state index contributed by atoms with van der Waals surface area (Å²) in [4.78, 5) is 60.3. The first-order chi connectivity index (χ1) is 21.7. The fourth-order valence-electron chi connectivity index (χ4n) is 5.35. The number of likely N-dealkylation sites (tertiary alicyclic amines) is 1. The highest BCUT2D eigenvalue weighted by molar-refractivity contribution is 7.14. The molecule has 2 saturated heterocycles. The number of aliphatic hydroxyl groups is 1. The molecule has 238 valence electrons. The summed E-state index contributed by atoms with van der Waals surface area (Å²) in [6, 6.07) is 14.1. The predicted octanol–water partition coefficient (Wildman–Crippen LogP) is 2.50. The molecule has 3 unspecified atom stereocenters. The number of hydrogen-bond donors (Lipinski definition) is 4. The molecule has 13 heteroatoms. The number of ether oxygens (including phenoxy) is 1. The standard InChI is InChI=1S/C32H38N6O6S/c1-20(2)33-28(40)23-10-8-22(9-11-23)26-19-45-31(34-26)36-29(41)27-17-24(39)18-38(27)30(42)25(16-21-6-4-3-5-7-21)35-32(43)37-12-14-44-15-13-37/h3-11,19-20,24-25,27,39H,12-18H2,1-2H3,(H,33,40)(H,35,43)(H,34,36,41). The van der Waals surface area contributed by atoms with Crippen molar-refractivity contribution < 1.29 is 29.0 Å². The van der Waals surface area contributed by atoms with E-state index in [0.717, 1.165) is 11.1 Å². The van der Waals surface area contributed by atoms with Crippen molar-refractivity contribution in [1.29, 1.82) is 0 Å². The molecular weight excluding hydrogens is 596 g/mol. The van der Waals surface area contributed by atoms with Crippen LogP contribution in [0.2, 0.25) is 0 Å². The summed E-state index contributed by atoms with van der Waals surface area (Å²) in [6.45, 7) is 5.43. The van der Waals surface area contributed by atoms with Gasteiger partial charge in [0.25, 0.3) is 5.91 Å². The molecule has 5 amide bonds. The number of amides is 5. The van der Waals surface area contributed by atoms with E-state index in [-0.39, 0.29) is 37.4 Å². The number of anilines is 1. The van der Waals surface area contributed by atoms with Crippen LogP contribution < -0.4 is 16.0 Å². The number of aliphatic hydroxyl groups excluding tert-OH is 1. The van der Waals surface area contributed by atoms with Gasteiger partial charge in [-0.2, -0.15) is 0 Å². The Hall–Kier alpha value is -4.33. The van der Waals surface area contributed by atoms with E-state index in [2.05, 4.69) is 20.9 Å². The number of thiazole rings is 1. The van der Waals surface area contributed by atoms with Crippen molar-refractivity contribution in [1.82, 2.24) is 25.4 Å². The second kappa shape index (κ2) is 14.6. The highest BCUT2D eigenvalue weighted by Crippen LogP contribution is 2.27. The van der Waals surface area contributed by atoms with E-state index in [0.29, 0.717) is 42.7 Å². The van der Waals surface area contributed by atoms with Gasteiger partial charge >= 0.3 is 6.03 Å². The van der Waals surface area contributed by atoms with E-state index in [9.17, 15) is 24.3 Å². The molecular formula is C32H38N6O6S. The number of nitrogens with one attached hydrogen (secondary N) is 3. The molecule has 12 nitrogen and oxygen atoms in total. The van der Waals surface area contributed by atoms with Crippen LogP contribution in [0.1, 0.15) is 36.2 Å². The summed E-state index contributed by atoms with van der Waals surface area (Å²) in [5.74, 6) is -1.08. The van der Waals surface area contributed by atoms with E-state index in [1.54, 1.807) is 34.5 Å². The van der Waals surface area contributed by atoms with Crippen molar-refractivity contribution in [3.05, 3.63) is 71.1 Å². The molecule has 2 aliphatic heterocycles. The highest BCUT2D eigenvalue weighted by Gasteiger charge is 2.42. The smallest absolute Gasteiger partial charge is 0.318 e. The van der Waals surface area contributed by atoms with Crippen molar-refractivity contribution in [3.8, 4) is 11.3 Å². The number of nitrogens with zero attached hydrogens (tertiary/aromatic N) is 3. The maximum absolute atomic E-state index is 13.9. The van der Waals surface area contributed by atoms with Gasteiger partial charge in [0, 0.05) is 55.0 Å². The van der Waals surface area contributed by atoms with Gasteiger partial charge in [0.15, 0.2) is 5.13 Å². The first-order valence-corrected chi connectivity index (χ1v) is 15.9. The normalized spacial score (nSPS) is 18.8. The molecule has 0 saturated carbocycles. The number of carbonyl (C=O) groups excluding carboxylic acids is 4. The Morgan fingerprint density at radius 3 is 2.42 bits per heavy atom. The molecule has 2 aromatic carbocycles. The summed E-state index contributed by atoms with van der Waals surface area (Å²) in [5.41, 5.74) is 2.79. The molecule has 45 heavy (non-hydrogen) atoms. The van der Waals surface area contributed by atoms with Gasteiger partial charge in [-0.3, -0.25) is 14.4 Å². The van der Waals surface area contributed by atoms with Crippen molar-refractivity contribution in [2.24, 2.45) is 0 Å². The summed E-state index contributed by atoms with van der Waals surface area (Å²) >= 11 is 1.23. The van der Waals surface area contributed by atoms with Gasteiger partial charge in [-0.05, 0) is 31.5 Å². The van der Waals surface area contributed by atoms with E-state index in [1.165, 1.54) is 16.2 Å². The number of morpholine rings is 1. The van der Waals surface area contributed by atoms with Crippen LogP contribution in [0.25, 0.3) is 11.3 Å². The molecule has 0 spiro atoms. The lowest BCUT2D eigenvalue weighted by atomic mass is 10.0. The minimum Gasteiger partial charge on any atom is -0.391 e. The number of aromatic nitrogens is 1. The van der Waals surface area contributed by atoms with Crippen LogP contribution in [0.3, 0.4) is 0 Å². The molecule has 3 heterocycles. The van der Waals surface area contributed by atoms with Gasteiger partial charge < -0.3 is 35.6 Å². The van der Waals surface area contributed by atoms with Crippen molar-refractivity contribution >= 4 is 40.2 Å². The lowest BCUT2D eigenvalue weighted by molar-refractivity contribution is -0.138. The summed E-state index contributed by atoms with van der Waals surface area (Å²) < 4.78 is 5.34. The van der Waals surface area contributed by atoms with Crippen LogP contribution in [-0.2, 0) is 20.7 Å². The molecule has 0 aliphatic carbocycles. The van der Waals surface area contributed by atoms with Gasteiger partial charge in [0.2, 0.25) is 11.8 Å². The zero-order valence-electron chi connectivity index (χ0n) is 25.3. The van der Waals surface area contributed by atoms with Crippen LogP contribution in [-0.4, -0.2) is 101 Å². The fraction of sp³-hybridized carbons (Fsp3) is 0.406. The molecule has 5 rings (SSSR count). The maximum Gasteiger partial charge on any atom is 0.318 e. The van der Waals surface area contributed by atoms with Gasteiger partial charge in [-0.1, -0.05) is 42.5 Å². The maximum atomic E-state index is 13.9. The van der Waals surface area contributed by atoms with Crippen LogP contribution >= 0.6 is 11.3 Å². The number of hydrogen-bond acceptors (Lipinski definition) is 8. The molecule has 2 aliphatic rings. The second-order valence-corrected chi connectivity index (χ2v) is 12.3. The first-order valence-electron chi connectivity index (χ1n) is 15.0. The molecule has 2 fully saturated rings. The third-order valence-corrected chi connectivity index (χ3v) is 8.40. The van der Waals surface area contributed by atoms with E-state index < -0.39 is 30.0 Å². The Bertz CT molecular complexity index is 1490. The number of urea groups is 1. The minimum atomic E-state index is -0.947. The largest absolute Gasteiger partial charge is 0.391 e. The average Bonchev–Trinajstić information content (AvgIpc) is 3.67. The zero-order chi connectivity index (χ0) is 31.9. The Morgan fingerprint density at radius 1 is 1.02 bits per heavy atom. The van der Waals surface area contributed by atoms with Gasteiger partial charge in [0.1, 0.15) is 12.1 Å². The quantitative estimate of drug-likeness (QED) is 0.282. The average molecular weight is 635 g/mol. The Kier molecular flexibility index (Phi) is 10.4. The second-order valence-electron chi connectivity index (χ2n) is 11.4. The summed E-state index contributed by atoms with van der Waals surface area (Å²) in [7, 11) is 0. The first kappa shape index (κ1) is 32.1. The molecule has 4 N–H and O–H groups in total. The van der Waals surface area contributed by atoms with Crippen molar-refractivity contribution in [2.45, 2.75) is 50.9 Å². The topological polar surface area (TPSA) is 153 Å². The van der Waals surface area contributed by atoms with E-state index in [4.69, 9.17) is 4.74 Å². The predicted molar refractivity (Wildman–Crippen MR) is 170 cm³/mol. The molecule has 3 atom stereocenters. The number of rotatable bonds is 9. The Morgan fingerprint density at radius 2 is 1.73 bits per heavy atom. The van der Waals surface area contributed by atoms with E-state index in [1.807, 2.05) is 44.2 Å². The molecule has 0 radical (unpaired) electrons. The van der Waals surface area contributed by atoms with Crippen LogP contribution in [0.15, 0.2) is 60.0 Å². The molecule has 0 bridgehead atoms. The number of benzene rings is 2. The Labute approximate surface area is 265 Å². The Balaban J connectivity index is 1.27. The monoisotopic (exact) mass is 634 g/mol. The van der Waals surface area contributed by atoms with Gasteiger partial charge in [-0.15, -0.1) is 11.3 Å². The lowest BCUT2D eigenvalue weighted by Crippen LogP contribution is -2.56. The zero-order valence-corrected chi connectivity index (χ0v) is 26.1. The lowest BCUT2D eigenvalue weighted by Gasteiger charge is -2.32. The van der Waals surface area contributed by atoms with Crippen LogP contribution in [0, 0.1) is 0 Å². The fourth-order valence-corrected chi connectivity index (χ4v) is 6.08. The van der Waals surface area contributed by atoms with Crippen molar-refractivity contribution in [3.63, 3.8) is 0 Å². The minimum absolute atomic E-state index is 0.0256. The van der Waals surface area contributed by atoms with Crippen molar-refractivity contribution in [2.75, 3.05) is 38.2 Å². The van der Waals surface area contributed by atoms with Gasteiger partial charge in [-0.25, -0.2) is 9.78 Å². The number of carbonyl (C=O) groups is 4. The van der Waals surface area contributed by atoms with Crippen LogP contribution in [0.5, 0.6) is 0 Å².